The molecule has 0 aromatic carbocycles. The Labute approximate surface area is 139 Å². The van der Waals surface area contributed by atoms with Gasteiger partial charge in [-0.3, -0.25) is 4.79 Å². The number of carbonyl (C=O) groups is 2. The van der Waals surface area contributed by atoms with Crippen molar-refractivity contribution >= 4 is 12.1 Å². The summed E-state index contributed by atoms with van der Waals surface area (Å²) in [5.41, 5.74) is 0.828. The molecule has 1 amide bonds. The summed E-state index contributed by atoms with van der Waals surface area (Å²) in [5, 5.41) is 0. The van der Waals surface area contributed by atoms with Crippen molar-refractivity contribution in [2.24, 2.45) is 5.92 Å². The molecule has 130 valence electrons. The summed E-state index contributed by atoms with van der Waals surface area (Å²) in [5.74, 6) is 0.113. The van der Waals surface area contributed by atoms with E-state index >= 15 is 0 Å². The molecule has 0 aromatic rings. The van der Waals surface area contributed by atoms with E-state index in [0.29, 0.717) is 6.42 Å². The van der Waals surface area contributed by atoms with Gasteiger partial charge >= 0.3 is 12.1 Å². The van der Waals surface area contributed by atoms with Gasteiger partial charge in [0.05, 0.1) is 19.6 Å². The first-order valence-corrected chi connectivity index (χ1v) is 8.57. The number of esters is 1. The second kappa shape index (κ2) is 7.37. The van der Waals surface area contributed by atoms with Crippen LogP contribution in [0.3, 0.4) is 0 Å². The molecule has 2 atom stereocenters. The normalized spacial score (nSPS) is 26.6. The van der Waals surface area contributed by atoms with E-state index in [1.807, 2.05) is 25.7 Å². The highest BCUT2D eigenvalue weighted by Crippen LogP contribution is 2.35. The van der Waals surface area contributed by atoms with Gasteiger partial charge in [-0.1, -0.05) is 11.6 Å². The molecule has 2 aliphatic rings. The van der Waals surface area contributed by atoms with Crippen LogP contribution in [0.15, 0.2) is 11.6 Å². The SMILES string of the molecule is COC(=O)C[C@@H]1CCC/C1=C\[C@@H]1CCCN1C(=O)OC(C)(C)C. The zero-order chi connectivity index (χ0) is 17.0. The van der Waals surface area contributed by atoms with Crippen LogP contribution in [0.5, 0.6) is 0 Å². The van der Waals surface area contributed by atoms with Crippen molar-refractivity contribution in [3.8, 4) is 0 Å². The van der Waals surface area contributed by atoms with E-state index in [9.17, 15) is 9.59 Å². The molecule has 1 aliphatic carbocycles. The summed E-state index contributed by atoms with van der Waals surface area (Å²) in [6.45, 7) is 6.40. The number of methoxy groups -OCH3 is 1. The number of rotatable bonds is 3. The molecule has 5 heteroatoms. The smallest absolute Gasteiger partial charge is 0.410 e. The lowest BCUT2D eigenvalue weighted by molar-refractivity contribution is -0.141. The lowest BCUT2D eigenvalue weighted by Crippen LogP contribution is -2.39. The molecular formula is C18H29NO4. The third kappa shape index (κ3) is 4.98. The highest BCUT2D eigenvalue weighted by molar-refractivity contribution is 5.70. The number of hydrogen-bond donors (Lipinski definition) is 0. The number of carbonyl (C=O) groups excluding carboxylic acids is 2. The van der Waals surface area contributed by atoms with Crippen LogP contribution in [0.1, 0.15) is 59.3 Å². The fourth-order valence-electron chi connectivity index (χ4n) is 3.44. The first kappa shape index (κ1) is 17.8. The maximum atomic E-state index is 12.4. The standard InChI is InChI=1S/C18H29NO4/c1-18(2,3)23-17(21)19-10-6-9-15(19)11-13-7-5-8-14(13)12-16(20)22-4/h11,14-15H,5-10,12H2,1-4H3/b13-11+/t14-,15-/m0/s1. The van der Waals surface area contributed by atoms with Crippen LogP contribution in [0, 0.1) is 5.92 Å². The minimum Gasteiger partial charge on any atom is -0.469 e. The van der Waals surface area contributed by atoms with Crippen molar-refractivity contribution in [2.45, 2.75) is 70.9 Å². The van der Waals surface area contributed by atoms with Crippen LogP contribution in [-0.2, 0) is 14.3 Å². The molecule has 0 N–H and O–H groups in total. The minimum atomic E-state index is -0.474. The number of hydrogen-bond acceptors (Lipinski definition) is 4. The lowest BCUT2D eigenvalue weighted by Gasteiger charge is -2.28. The molecule has 2 rings (SSSR count). The number of amides is 1. The van der Waals surface area contributed by atoms with Crippen molar-refractivity contribution in [1.29, 1.82) is 0 Å². The Kier molecular flexibility index (Phi) is 5.71. The predicted octanol–water partition coefficient (Wildman–Crippen LogP) is 3.68. The van der Waals surface area contributed by atoms with Gasteiger partial charge in [0, 0.05) is 6.54 Å². The monoisotopic (exact) mass is 323 g/mol. The minimum absolute atomic E-state index is 0.0955. The average molecular weight is 323 g/mol. The summed E-state index contributed by atoms with van der Waals surface area (Å²) >= 11 is 0. The Morgan fingerprint density at radius 3 is 2.65 bits per heavy atom. The Morgan fingerprint density at radius 1 is 1.26 bits per heavy atom. The fraction of sp³-hybridized carbons (Fsp3) is 0.778. The van der Waals surface area contributed by atoms with Crippen LogP contribution in [0.4, 0.5) is 4.79 Å². The van der Waals surface area contributed by atoms with Gasteiger partial charge in [-0.2, -0.15) is 0 Å². The second-order valence-corrected chi connectivity index (χ2v) is 7.49. The van der Waals surface area contributed by atoms with Gasteiger partial charge in [-0.15, -0.1) is 0 Å². The fourth-order valence-corrected chi connectivity index (χ4v) is 3.44. The van der Waals surface area contributed by atoms with Crippen molar-refractivity contribution in [3.63, 3.8) is 0 Å². The van der Waals surface area contributed by atoms with Crippen LogP contribution < -0.4 is 0 Å². The van der Waals surface area contributed by atoms with Crippen molar-refractivity contribution < 1.29 is 19.1 Å². The summed E-state index contributed by atoms with van der Waals surface area (Å²) in [4.78, 5) is 25.7. The van der Waals surface area contributed by atoms with Crippen molar-refractivity contribution in [1.82, 2.24) is 4.90 Å². The predicted molar refractivity (Wildman–Crippen MR) is 88.0 cm³/mol. The highest BCUT2D eigenvalue weighted by atomic mass is 16.6. The quantitative estimate of drug-likeness (QED) is 0.587. The van der Waals surface area contributed by atoms with Crippen LogP contribution in [-0.4, -0.2) is 42.3 Å². The van der Waals surface area contributed by atoms with E-state index in [1.165, 1.54) is 12.7 Å². The molecule has 0 spiro atoms. The highest BCUT2D eigenvalue weighted by Gasteiger charge is 2.33. The van der Waals surface area contributed by atoms with E-state index in [2.05, 4.69) is 6.08 Å². The van der Waals surface area contributed by atoms with Crippen molar-refractivity contribution in [2.75, 3.05) is 13.7 Å². The zero-order valence-corrected chi connectivity index (χ0v) is 14.8. The molecule has 0 bridgehead atoms. The van der Waals surface area contributed by atoms with E-state index in [-0.39, 0.29) is 24.0 Å². The van der Waals surface area contributed by atoms with Gasteiger partial charge < -0.3 is 14.4 Å². The topological polar surface area (TPSA) is 55.8 Å². The molecule has 2 fully saturated rings. The van der Waals surface area contributed by atoms with E-state index in [1.54, 1.807) is 0 Å². The third-order valence-corrected chi connectivity index (χ3v) is 4.52. The number of allylic oxidation sites excluding steroid dienone is 1. The molecule has 1 heterocycles. The molecule has 1 saturated heterocycles. The van der Waals surface area contributed by atoms with Gasteiger partial charge in [0.1, 0.15) is 5.60 Å². The first-order valence-electron chi connectivity index (χ1n) is 8.57. The van der Waals surface area contributed by atoms with Gasteiger partial charge in [-0.25, -0.2) is 4.79 Å². The Hall–Kier alpha value is -1.52. The van der Waals surface area contributed by atoms with E-state index < -0.39 is 5.60 Å². The van der Waals surface area contributed by atoms with Crippen LogP contribution in [0.2, 0.25) is 0 Å². The Morgan fingerprint density at radius 2 is 2.00 bits per heavy atom. The molecule has 1 aliphatic heterocycles. The first-order chi connectivity index (χ1) is 10.8. The molecule has 5 nitrogen and oxygen atoms in total. The van der Waals surface area contributed by atoms with E-state index in [0.717, 1.165) is 38.6 Å². The lowest BCUT2D eigenvalue weighted by atomic mass is 9.96. The molecule has 23 heavy (non-hydrogen) atoms. The van der Waals surface area contributed by atoms with Crippen molar-refractivity contribution in [3.05, 3.63) is 11.6 Å². The van der Waals surface area contributed by atoms with Gasteiger partial charge in [0.25, 0.3) is 0 Å². The second-order valence-electron chi connectivity index (χ2n) is 7.49. The van der Waals surface area contributed by atoms with Gasteiger partial charge in [-0.05, 0) is 58.8 Å². The maximum absolute atomic E-state index is 12.4. The summed E-state index contributed by atoms with van der Waals surface area (Å²) in [6, 6.07) is 0.0955. The maximum Gasteiger partial charge on any atom is 0.410 e. The van der Waals surface area contributed by atoms with Gasteiger partial charge in [0.2, 0.25) is 0 Å². The van der Waals surface area contributed by atoms with E-state index in [4.69, 9.17) is 9.47 Å². The molecular weight excluding hydrogens is 294 g/mol. The summed E-state index contributed by atoms with van der Waals surface area (Å²) < 4.78 is 10.3. The molecule has 1 saturated carbocycles. The average Bonchev–Trinajstić information content (AvgIpc) is 3.07. The molecule has 0 radical (unpaired) electrons. The van der Waals surface area contributed by atoms with Crippen LogP contribution >= 0.6 is 0 Å². The van der Waals surface area contributed by atoms with Gasteiger partial charge in [0.15, 0.2) is 0 Å². The Balaban J connectivity index is 2.04. The summed E-state index contributed by atoms with van der Waals surface area (Å²) in [6.07, 6.45) is 7.52. The Bertz CT molecular complexity index is 478. The molecule has 0 unspecified atom stereocenters. The third-order valence-electron chi connectivity index (χ3n) is 4.52. The number of likely N-dealkylation sites (tertiary alicyclic amines) is 1. The largest absolute Gasteiger partial charge is 0.469 e. The number of ether oxygens (including phenoxy) is 2. The zero-order valence-electron chi connectivity index (χ0n) is 14.8. The number of nitrogens with zero attached hydrogens (tertiary/aromatic N) is 1. The van der Waals surface area contributed by atoms with Crippen LogP contribution in [0.25, 0.3) is 0 Å². The summed E-state index contributed by atoms with van der Waals surface area (Å²) in [7, 11) is 1.43. The molecule has 0 aromatic heterocycles.